The average molecular weight is 276 g/mol. The predicted molar refractivity (Wildman–Crippen MR) is 79.7 cm³/mol. The molecule has 1 aliphatic carbocycles. The van der Waals surface area contributed by atoms with Gasteiger partial charge in [0.05, 0.1) is 0 Å². The van der Waals surface area contributed by atoms with Crippen molar-refractivity contribution < 1.29 is 4.39 Å². The molecule has 1 aromatic rings. The number of likely N-dealkylation sites (tertiary alicyclic amines) is 1. The second kappa shape index (κ2) is 6.23. The van der Waals surface area contributed by atoms with Gasteiger partial charge in [-0.25, -0.2) is 4.39 Å². The van der Waals surface area contributed by atoms with Crippen LogP contribution in [0, 0.1) is 11.7 Å². The molecule has 3 rings (SSSR count). The van der Waals surface area contributed by atoms with Gasteiger partial charge in [0.2, 0.25) is 0 Å². The number of benzene rings is 1. The van der Waals surface area contributed by atoms with E-state index in [9.17, 15) is 4.39 Å². The maximum Gasteiger partial charge on any atom is 0.123 e. The number of nitrogens with two attached hydrogens (primary N) is 1. The number of nitrogens with zero attached hydrogens (tertiary/aromatic N) is 1. The monoisotopic (exact) mass is 276 g/mol. The summed E-state index contributed by atoms with van der Waals surface area (Å²) < 4.78 is 13.6. The van der Waals surface area contributed by atoms with Crippen LogP contribution >= 0.6 is 0 Å². The molecule has 0 aromatic heterocycles. The molecule has 0 amide bonds. The number of rotatable bonds is 3. The topological polar surface area (TPSA) is 29.3 Å². The fraction of sp³-hybridized carbons (Fsp3) is 0.647. The molecule has 2 atom stereocenters. The maximum absolute atomic E-state index is 13.6. The molecule has 110 valence electrons. The normalized spacial score (nSPS) is 27.3. The Kier molecular flexibility index (Phi) is 4.37. The zero-order chi connectivity index (χ0) is 13.9. The second-order valence-electron chi connectivity index (χ2n) is 6.40. The minimum absolute atomic E-state index is 0.153. The number of hydrogen-bond acceptors (Lipinski definition) is 2. The summed E-state index contributed by atoms with van der Waals surface area (Å²) in [6.07, 6.45) is 8.14. The highest BCUT2D eigenvalue weighted by Gasteiger charge is 2.32. The number of piperidine rings is 1. The predicted octanol–water partition coefficient (Wildman–Crippen LogP) is 3.44. The summed E-state index contributed by atoms with van der Waals surface area (Å²) >= 11 is 0. The Morgan fingerprint density at radius 3 is 2.65 bits per heavy atom. The van der Waals surface area contributed by atoms with E-state index in [1.54, 1.807) is 12.1 Å². The molecule has 2 nitrogen and oxygen atoms in total. The molecule has 1 aliphatic heterocycles. The third kappa shape index (κ3) is 3.04. The van der Waals surface area contributed by atoms with Gasteiger partial charge in [-0.3, -0.25) is 4.90 Å². The van der Waals surface area contributed by atoms with Crippen molar-refractivity contribution in [3.05, 3.63) is 35.1 Å². The van der Waals surface area contributed by atoms with Crippen molar-refractivity contribution in [1.29, 1.82) is 0 Å². The van der Waals surface area contributed by atoms with Crippen LogP contribution in [0.4, 0.5) is 4.39 Å². The minimum atomic E-state index is -0.153. The Morgan fingerprint density at radius 1 is 1.05 bits per heavy atom. The highest BCUT2D eigenvalue weighted by molar-refractivity contribution is 5.24. The van der Waals surface area contributed by atoms with Crippen molar-refractivity contribution in [3.8, 4) is 0 Å². The molecule has 1 saturated heterocycles. The molecule has 0 bridgehead atoms. The lowest BCUT2D eigenvalue weighted by atomic mass is 9.78. The van der Waals surface area contributed by atoms with E-state index in [0.717, 1.165) is 36.2 Å². The van der Waals surface area contributed by atoms with Crippen molar-refractivity contribution in [2.45, 2.75) is 57.7 Å². The maximum atomic E-state index is 13.6. The first-order valence-corrected chi connectivity index (χ1v) is 7.99. The lowest BCUT2D eigenvalue weighted by Gasteiger charge is -2.44. The van der Waals surface area contributed by atoms with Crippen LogP contribution in [0.1, 0.15) is 49.7 Å². The molecule has 1 saturated carbocycles. The molecule has 0 radical (unpaired) electrons. The standard InChI is InChI=1S/C17H25FN2/c18-16-9-13(11-19)8-14(10-16)12-20-7-3-5-15-4-1-2-6-17(15)20/h8-10,15,17H,1-7,11-12,19H2. The van der Waals surface area contributed by atoms with Crippen LogP contribution in [-0.4, -0.2) is 17.5 Å². The van der Waals surface area contributed by atoms with Crippen LogP contribution in [0.25, 0.3) is 0 Å². The van der Waals surface area contributed by atoms with Gasteiger partial charge in [-0.05, 0) is 61.4 Å². The van der Waals surface area contributed by atoms with Crippen molar-refractivity contribution >= 4 is 0 Å². The summed E-state index contributed by atoms with van der Waals surface area (Å²) in [6, 6.07) is 6.01. The first-order chi connectivity index (χ1) is 9.76. The first-order valence-electron chi connectivity index (χ1n) is 7.99. The van der Waals surface area contributed by atoms with Crippen LogP contribution < -0.4 is 5.73 Å². The van der Waals surface area contributed by atoms with Crippen LogP contribution in [0.5, 0.6) is 0 Å². The third-order valence-corrected chi connectivity index (χ3v) is 5.00. The third-order valence-electron chi connectivity index (χ3n) is 5.00. The summed E-state index contributed by atoms with van der Waals surface area (Å²) in [5, 5.41) is 0. The molecule has 3 heteroatoms. The van der Waals surface area contributed by atoms with Crippen LogP contribution in [-0.2, 0) is 13.1 Å². The molecule has 2 aliphatic rings. The molecular weight excluding hydrogens is 251 g/mol. The van der Waals surface area contributed by atoms with E-state index >= 15 is 0 Å². The first kappa shape index (κ1) is 14.0. The van der Waals surface area contributed by atoms with E-state index in [2.05, 4.69) is 11.0 Å². The largest absolute Gasteiger partial charge is 0.326 e. The Hall–Kier alpha value is -0.930. The Bertz CT molecular complexity index is 458. The average Bonchev–Trinajstić information content (AvgIpc) is 2.47. The van der Waals surface area contributed by atoms with Gasteiger partial charge in [0.1, 0.15) is 5.82 Å². The zero-order valence-electron chi connectivity index (χ0n) is 12.2. The van der Waals surface area contributed by atoms with Gasteiger partial charge in [0.15, 0.2) is 0 Å². The Balaban J connectivity index is 1.74. The smallest absolute Gasteiger partial charge is 0.123 e. The highest BCUT2D eigenvalue weighted by Crippen LogP contribution is 2.36. The second-order valence-corrected chi connectivity index (χ2v) is 6.40. The van der Waals surface area contributed by atoms with E-state index < -0.39 is 0 Å². The van der Waals surface area contributed by atoms with Gasteiger partial charge in [-0.2, -0.15) is 0 Å². The summed E-state index contributed by atoms with van der Waals surface area (Å²) in [4.78, 5) is 2.59. The number of hydrogen-bond donors (Lipinski definition) is 1. The fourth-order valence-electron chi connectivity index (χ4n) is 4.09. The molecule has 20 heavy (non-hydrogen) atoms. The Morgan fingerprint density at radius 2 is 1.80 bits per heavy atom. The summed E-state index contributed by atoms with van der Waals surface area (Å²) in [5.41, 5.74) is 7.63. The van der Waals surface area contributed by atoms with Gasteiger partial charge >= 0.3 is 0 Å². The summed E-state index contributed by atoms with van der Waals surface area (Å²) in [5.74, 6) is 0.722. The molecule has 1 heterocycles. The van der Waals surface area contributed by atoms with Crippen LogP contribution in [0.15, 0.2) is 18.2 Å². The van der Waals surface area contributed by atoms with Gasteiger partial charge in [-0.1, -0.05) is 18.9 Å². The number of halogens is 1. The quantitative estimate of drug-likeness (QED) is 0.916. The van der Waals surface area contributed by atoms with E-state index in [0.29, 0.717) is 6.54 Å². The lowest BCUT2D eigenvalue weighted by molar-refractivity contribution is 0.0546. The molecule has 1 aromatic carbocycles. The van der Waals surface area contributed by atoms with Gasteiger partial charge < -0.3 is 5.73 Å². The molecule has 0 spiro atoms. The van der Waals surface area contributed by atoms with Gasteiger partial charge in [0.25, 0.3) is 0 Å². The van der Waals surface area contributed by atoms with Crippen LogP contribution in [0.3, 0.4) is 0 Å². The summed E-state index contributed by atoms with van der Waals surface area (Å²) in [7, 11) is 0. The molecule has 2 fully saturated rings. The summed E-state index contributed by atoms with van der Waals surface area (Å²) in [6.45, 7) is 2.46. The van der Waals surface area contributed by atoms with Crippen LogP contribution in [0.2, 0.25) is 0 Å². The SMILES string of the molecule is NCc1cc(F)cc(CN2CCCC3CCCCC32)c1. The van der Waals surface area contributed by atoms with Gasteiger partial charge in [-0.15, -0.1) is 0 Å². The highest BCUT2D eigenvalue weighted by atomic mass is 19.1. The van der Waals surface area contributed by atoms with Crippen molar-refractivity contribution in [2.75, 3.05) is 6.54 Å². The molecular formula is C17H25FN2. The lowest BCUT2D eigenvalue weighted by Crippen LogP contribution is -2.46. The van der Waals surface area contributed by atoms with E-state index in [1.165, 1.54) is 38.5 Å². The minimum Gasteiger partial charge on any atom is -0.326 e. The number of fused-ring (bicyclic) bond motifs is 1. The zero-order valence-corrected chi connectivity index (χ0v) is 12.2. The molecule has 2 N–H and O–H groups in total. The van der Waals surface area contributed by atoms with Gasteiger partial charge in [0, 0.05) is 19.1 Å². The van der Waals surface area contributed by atoms with Crippen molar-refractivity contribution in [1.82, 2.24) is 4.90 Å². The van der Waals surface area contributed by atoms with E-state index in [1.807, 2.05) is 0 Å². The van der Waals surface area contributed by atoms with E-state index in [4.69, 9.17) is 5.73 Å². The molecule has 2 unspecified atom stereocenters. The van der Waals surface area contributed by atoms with Crippen molar-refractivity contribution in [2.24, 2.45) is 11.7 Å². The Labute approximate surface area is 121 Å². The van der Waals surface area contributed by atoms with E-state index in [-0.39, 0.29) is 5.82 Å². The fourth-order valence-corrected chi connectivity index (χ4v) is 4.09. The van der Waals surface area contributed by atoms with Crippen molar-refractivity contribution in [3.63, 3.8) is 0 Å².